The molecule has 0 radical (unpaired) electrons. The summed E-state index contributed by atoms with van der Waals surface area (Å²) in [6.07, 6.45) is 6.59. The van der Waals surface area contributed by atoms with E-state index in [1.807, 2.05) is 0 Å². The van der Waals surface area contributed by atoms with Gasteiger partial charge in [-0.15, -0.1) is 0 Å². The summed E-state index contributed by atoms with van der Waals surface area (Å²) in [6.45, 7) is 9.78. The second-order valence-electron chi connectivity index (χ2n) is 12.8. The molecule has 0 heterocycles. The Morgan fingerprint density at radius 2 is 1.67 bits per heavy atom. The maximum atomic E-state index is 12.2. The molecule has 4 fully saturated rings. The van der Waals surface area contributed by atoms with Crippen LogP contribution < -0.4 is 0 Å². The molecule has 0 unspecified atom stereocenters. The fraction of sp³-hybridized carbons (Fsp3) is 0.897. The van der Waals surface area contributed by atoms with Gasteiger partial charge in [-0.05, 0) is 91.8 Å². The van der Waals surface area contributed by atoms with Crippen LogP contribution in [-0.4, -0.2) is 48.4 Å². The fourth-order valence-electron chi connectivity index (χ4n) is 9.42. The molecule has 0 amide bonds. The molecular formula is C29H46O7. The molecule has 0 aliphatic heterocycles. The normalized spacial score (nSPS) is 44.4. The Bertz CT molecular complexity index is 857. The van der Waals surface area contributed by atoms with E-state index in [9.17, 15) is 19.5 Å². The number of aliphatic hydroxyl groups is 1. The average molecular weight is 507 g/mol. The van der Waals surface area contributed by atoms with E-state index in [2.05, 4.69) is 20.8 Å². The SMILES string of the molecule is COC(=O)CC[C@H](C)[C@H]1CC[C@@H]2[C@H]3[C@H](OC(C)=O)C[C@@H]4C[C@H](OC(C)=O)CC[C@]4(C)[C@H]3C[C@H](O)[C@@]21C. The molecule has 4 rings (SSSR count). The van der Waals surface area contributed by atoms with E-state index < -0.39 is 6.10 Å². The maximum Gasteiger partial charge on any atom is 0.305 e. The maximum absolute atomic E-state index is 12.2. The van der Waals surface area contributed by atoms with Gasteiger partial charge >= 0.3 is 17.9 Å². The monoisotopic (exact) mass is 506 g/mol. The van der Waals surface area contributed by atoms with E-state index in [0.717, 1.165) is 44.9 Å². The summed E-state index contributed by atoms with van der Waals surface area (Å²) in [5.74, 6) is 0.965. The minimum Gasteiger partial charge on any atom is -0.469 e. The molecule has 4 aliphatic carbocycles. The van der Waals surface area contributed by atoms with Crippen LogP contribution in [0.4, 0.5) is 0 Å². The molecule has 4 saturated carbocycles. The molecule has 36 heavy (non-hydrogen) atoms. The number of rotatable bonds is 6. The van der Waals surface area contributed by atoms with Gasteiger partial charge in [0, 0.05) is 26.2 Å². The van der Waals surface area contributed by atoms with E-state index in [1.165, 1.54) is 21.0 Å². The Balaban J connectivity index is 1.62. The highest BCUT2D eigenvalue weighted by molar-refractivity contribution is 5.69. The van der Waals surface area contributed by atoms with E-state index in [0.29, 0.717) is 24.7 Å². The van der Waals surface area contributed by atoms with Crippen LogP contribution in [0.3, 0.4) is 0 Å². The molecular weight excluding hydrogens is 460 g/mol. The van der Waals surface area contributed by atoms with Crippen LogP contribution in [0.5, 0.6) is 0 Å². The number of hydrogen-bond acceptors (Lipinski definition) is 7. The van der Waals surface area contributed by atoms with Crippen LogP contribution in [0.2, 0.25) is 0 Å². The lowest BCUT2D eigenvalue weighted by Crippen LogP contribution is -2.63. The summed E-state index contributed by atoms with van der Waals surface area (Å²) in [7, 11) is 1.43. The standard InChI is InChI=1S/C29H46O7/c1-16(7-10-26(33)34-6)21-8-9-22-27-23(15-25(32)29(21,22)5)28(4)12-11-20(35-17(2)30)13-19(28)14-24(27)36-18(3)31/h16,19-25,27,32H,7-15H2,1-6H3/t16-,19-,20+,21+,22+,23-,24+,25-,27+,28-,29+/m0/s1. The van der Waals surface area contributed by atoms with Gasteiger partial charge in [-0.3, -0.25) is 14.4 Å². The minimum atomic E-state index is -0.434. The van der Waals surface area contributed by atoms with Gasteiger partial charge in [0.2, 0.25) is 0 Å². The molecule has 0 aromatic carbocycles. The van der Waals surface area contributed by atoms with Crippen molar-refractivity contribution in [2.45, 2.75) is 111 Å². The Morgan fingerprint density at radius 1 is 0.972 bits per heavy atom. The van der Waals surface area contributed by atoms with Crippen molar-refractivity contribution in [3.05, 3.63) is 0 Å². The smallest absolute Gasteiger partial charge is 0.305 e. The van der Waals surface area contributed by atoms with Crippen molar-refractivity contribution in [1.82, 2.24) is 0 Å². The van der Waals surface area contributed by atoms with Gasteiger partial charge < -0.3 is 19.3 Å². The highest BCUT2D eigenvalue weighted by atomic mass is 16.5. The van der Waals surface area contributed by atoms with Crippen LogP contribution in [0.1, 0.15) is 92.4 Å². The minimum absolute atomic E-state index is 0.0227. The predicted molar refractivity (Wildman–Crippen MR) is 134 cm³/mol. The molecule has 204 valence electrons. The lowest BCUT2D eigenvalue weighted by atomic mass is 9.43. The van der Waals surface area contributed by atoms with Gasteiger partial charge in [-0.1, -0.05) is 20.8 Å². The molecule has 0 aromatic rings. The number of fused-ring (bicyclic) bond motifs is 5. The third kappa shape index (κ3) is 4.69. The van der Waals surface area contributed by atoms with E-state index in [-0.39, 0.29) is 64.6 Å². The zero-order valence-electron chi connectivity index (χ0n) is 23.0. The summed E-state index contributed by atoms with van der Waals surface area (Å²) < 4.78 is 16.5. The zero-order valence-corrected chi connectivity index (χ0v) is 23.0. The molecule has 0 spiro atoms. The molecule has 4 aliphatic rings. The zero-order chi connectivity index (χ0) is 26.4. The number of aliphatic hydroxyl groups excluding tert-OH is 1. The van der Waals surface area contributed by atoms with Crippen molar-refractivity contribution in [3.63, 3.8) is 0 Å². The van der Waals surface area contributed by atoms with Crippen LogP contribution in [0.25, 0.3) is 0 Å². The summed E-state index contributed by atoms with van der Waals surface area (Å²) >= 11 is 0. The lowest BCUT2D eigenvalue weighted by molar-refractivity contribution is -0.218. The van der Waals surface area contributed by atoms with Crippen molar-refractivity contribution in [2.24, 2.45) is 46.3 Å². The lowest BCUT2D eigenvalue weighted by Gasteiger charge is -2.64. The van der Waals surface area contributed by atoms with Gasteiger partial charge in [0.1, 0.15) is 12.2 Å². The quantitative estimate of drug-likeness (QED) is 0.412. The molecule has 7 nitrogen and oxygen atoms in total. The van der Waals surface area contributed by atoms with Crippen LogP contribution >= 0.6 is 0 Å². The van der Waals surface area contributed by atoms with Crippen molar-refractivity contribution < 1.29 is 33.7 Å². The largest absolute Gasteiger partial charge is 0.469 e. The molecule has 7 heteroatoms. The van der Waals surface area contributed by atoms with Gasteiger partial charge in [-0.2, -0.15) is 0 Å². The van der Waals surface area contributed by atoms with Crippen LogP contribution in [0.15, 0.2) is 0 Å². The second-order valence-corrected chi connectivity index (χ2v) is 12.8. The van der Waals surface area contributed by atoms with Crippen molar-refractivity contribution >= 4 is 17.9 Å². The average Bonchev–Trinajstić information content (AvgIpc) is 3.16. The number of esters is 3. The van der Waals surface area contributed by atoms with Gasteiger partial charge in [0.25, 0.3) is 0 Å². The number of hydrogen-bond donors (Lipinski definition) is 1. The summed E-state index contributed by atoms with van der Waals surface area (Å²) in [4.78, 5) is 35.7. The first-order valence-electron chi connectivity index (χ1n) is 14.0. The Morgan fingerprint density at radius 3 is 2.31 bits per heavy atom. The van der Waals surface area contributed by atoms with Gasteiger partial charge in [0.05, 0.1) is 13.2 Å². The third-order valence-corrected chi connectivity index (χ3v) is 11.2. The number of methoxy groups -OCH3 is 1. The molecule has 1 N–H and O–H groups in total. The number of carbonyl (C=O) groups excluding carboxylic acids is 3. The Labute approximate surface area is 216 Å². The third-order valence-electron chi connectivity index (χ3n) is 11.2. The summed E-state index contributed by atoms with van der Waals surface area (Å²) in [6, 6.07) is 0. The molecule has 0 bridgehead atoms. The highest BCUT2D eigenvalue weighted by Crippen LogP contribution is 2.68. The van der Waals surface area contributed by atoms with Crippen molar-refractivity contribution in [3.8, 4) is 0 Å². The summed E-state index contributed by atoms with van der Waals surface area (Å²) in [5, 5.41) is 11.8. The number of ether oxygens (including phenoxy) is 3. The molecule has 0 aromatic heterocycles. The molecule has 11 atom stereocenters. The van der Waals surface area contributed by atoms with Gasteiger partial charge in [0.15, 0.2) is 0 Å². The van der Waals surface area contributed by atoms with E-state index in [4.69, 9.17) is 14.2 Å². The fourth-order valence-corrected chi connectivity index (χ4v) is 9.42. The first-order chi connectivity index (χ1) is 16.9. The van der Waals surface area contributed by atoms with Crippen LogP contribution in [-0.2, 0) is 28.6 Å². The van der Waals surface area contributed by atoms with Gasteiger partial charge in [-0.25, -0.2) is 0 Å². The first-order valence-corrected chi connectivity index (χ1v) is 14.0. The summed E-state index contributed by atoms with van der Waals surface area (Å²) in [5.41, 5.74) is -0.248. The Hall–Kier alpha value is -1.63. The van der Waals surface area contributed by atoms with Crippen LogP contribution in [0, 0.1) is 46.3 Å². The van der Waals surface area contributed by atoms with E-state index >= 15 is 0 Å². The first kappa shape index (κ1) is 27.4. The topological polar surface area (TPSA) is 99.1 Å². The Kier molecular flexibility index (Phi) is 7.81. The number of carbonyl (C=O) groups is 3. The molecule has 0 saturated heterocycles. The van der Waals surface area contributed by atoms with Crippen molar-refractivity contribution in [2.75, 3.05) is 7.11 Å². The predicted octanol–water partition coefficient (Wildman–Crippen LogP) is 4.68. The second kappa shape index (κ2) is 10.3. The van der Waals surface area contributed by atoms with Crippen molar-refractivity contribution in [1.29, 1.82) is 0 Å². The van der Waals surface area contributed by atoms with E-state index in [1.54, 1.807) is 0 Å². The highest BCUT2D eigenvalue weighted by Gasteiger charge is 2.66.